The summed E-state index contributed by atoms with van der Waals surface area (Å²) in [5, 5.41) is 4.03. The molecule has 2 rings (SSSR count). The molecule has 0 radical (unpaired) electrons. The molecule has 0 aliphatic carbocycles. The van der Waals surface area contributed by atoms with Crippen molar-refractivity contribution in [2.75, 3.05) is 0 Å². The zero-order chi connectivity index (χ0) is 12.6. The molecular formula is C14H17FN2. The number of benzene rings is 1. The first-order chi connectivity index (χ1) is 7.93. The number of hydrogen-bond donors (Lipinski definition) is 1. The minimum absolute atomic E-state index is 0.0648. The molecule has 1 aliphatic heterocycles. The van der Waals surface area contributed by atoms with Crippen LogP contribution >= 0.6 is 0 Å². The molecule has 1 heterocycles. The van der Waals surface area contributed by atoms with E-state index in [1.807, 2.05) is 19.1 Å². The first-order valence-corrected chi connectivity index (χ1v) is 5.73. The molecule has 2 nitrogen and oxygen atoms in total. The third-order valence-electron chi connectivity index (χ3n) is 2.93. The van der Waals surface area contributed by atoms with Gasteiger partial charge in [-0.15, -0.1) is 0 Å². The second kappa shape index (κ2) is 3.99. The molecule has 1 aromatic carbocycles. The van der Waals surface area contributed by atoms with E-state index >= 15 is 0 Å². The fraction of sp³-hybridized carbons (Fsp3) is 0.357. The van der Waals surface area contributed by atoms with Crippen molar-refractivity contribution in [1.82, 2.24) is 5.43 Å². The Morgan fingerprint density at radius 1 is 1.29 bits per heavy atom. The average Bonchev–Trinajstić information content (AvgIpc) is 2.26. The third-order valence-corrected chi connectivity index (χ3v) is 2.93. The lowest BCUT2D eigenvalue weighted by Gasteiger charge is -2.23. The van der Waals surface area contributed by atoms with Gasteiger partial charge in [0.2, 0.25) is 0 Å². The van der Waals surface area contributed by atoms with Crippen LogP contribution in [0.2, 0.25) is 0 Å². The standard InChI is InChI=1S/C14H17FN2/c1-5-12-13-9(8-16-17-12)6-10(7-11(13)15)14(2,3)4/h5-8,17H,1-4H3/b12-5-. The zero-order valence-corrected chi connectivity index (χ0v) is 10.6. The summed E-state index contributed by atoms with van der Waals surface area (Å²) in [7, 11) is 0. The maximum absolute atomic E-state index is 14.2. The van der Waals surface area contributed by atoms with E-state index < -0.39 is 0 Å². The van der Waals surface area contributed by atoms with E-state index in [2.05, 4.69) is 31.3 Å². The average molecular weight is 232 g/mol. The van der Waals surface area contributed by atoms with Crippen molar-refractivity contribution < 1.29 is 4.39 Å². The van der Waals surface area contributed by atoms with Crippen molar-refractivity contribution in [3.05, 3.63) is 40.7 Å². The topological polar surface area (TPSA) is 24.4 Å². The van der Waals surface area contributed by atoms with E-state index in [1.54, 1.807) is 12.3 Å². The molecule has 0 spiro atoms. The smallest absolute Gasteiger partial charge is 0.133 e. The van der Waals surface area contributed by atoms with E-state index in [-0.39, 0.29) is 11.2 Å². The molecule has 1 N–H and O–H groups in total. The van der Waals surface area contributed by atoms with E-state index in [9.17, 15) is 4.39 Å². The maximum Gasteiger partial charge on any atom is 0.133 e. The van der Waals surface area contributed by atoms with Crippen molar-refractivity contribution in [1.29, 1.82) is 0 Å². The van der Waals surface area contributed by atoms with Crippen LogP contribution in [0.3, 0.4) is 0 Å². The molecule has 17 heavy (non-hydrogen) atoms. The normalized spacial score (nSPS) is 16.9. The van der Waals surface area contributed by atoms with Crippen molar-refractivity contribution in [2.45, 2.75) is 33.1 Å². The fourth-order valence-corrected chi connectivity index (χ4v) is 1.88. The monoisotopic (exact) mass is 232 g/mol. The van der Waals surface area contributed by atoms with Gasteiger partial charge >= 0.3 is 0 Å². The number of nitrogens with one attached hydrogen (secondary N) is 1. The van der Waals surface area contributed by atoms with Gasteiger partial charge in [0, 0.05) is 11.1 Å². The Balaban J connectivity index is 2.65. The van der Waals surface area contributed by atoms with Crippen LogP contribution in [0.5, 0.6) is 0 Å². The Hall–Kier alpha value is -1.64. The number of fused-ring (bicyclic) bond motifs is 1. The van der Waals surface area contributed by atoms with Gasteiger partial charge in [-0.3, -0.25) is 5.43 Å². The largest absolute Gasteiger partial charge is 0.278 e. The molecule has 90 valence electrons. The van der Waals surface area contributed by atoms with E-state index in [4.69, 9.17) is 0 Å². The first-order valence-electron chi connectivity index (χ1n) is 5.73. The minimum atomic E-state index is -0.195. The number of rotatable bonds is 0. The number of allylic oxidation sites excluding steroid dienone is 1. The molecule has 0 aromatic heterocycles. The van der Waals surface area contributed by atoms with Crippen LogP contribution in [0.15, 0.2) is 23.3 Å². The summed E-state index contributed by atoms with van der Waals surface area (Å²) in [6, 6.07) is 3.62. The van der Waals surface area contributed by atoms with Crippen molar-refractivity contribution >= 4 is 11.9 Å². The van der Waals surface area contributed by atoms with Crippen LogP contribution in [0, 0.1) is 5.82 Å². The van der Waals surface area contributed by atoms with Crippen molar-refractivity contribution in [3.63, 3.8) is 0 Å². The van der Waals surface area contributed by atoms with Crippen LogP contribution in [-0.2, 0) is 5.41 Å². The van der Waals surface area contributed by atoms with Crippen LogP contribution in [0.4, 0.5) is 4.39 Å². The summed E-state index contributed by atoms with van der Waals surface area (Å²) in [4.78, 5) is 0. The Kier molecular flexibility index (Phi) is 2.77. The molecule has 0 unspecified atom stereocenters. The van der Waals surface area contributed by atoms with Gasteiger partial charge in [0.25, 0.3) is 0 Å². The molecular weight excluding hydrogens is 215 g/mol. The molecule has 0 atom stereocenters. The lowest BCUT2D eigenvalue weighted by Crippen LogP contribution is -2.18. The molecule has 0 fully saturated rings. The van der Waals surface area contributed by atoms with E-state index in [0.717, 1.165) is 16.8 Å². The highest BCUT2D eigenvalue weighted by Gasteiger charge is 2.21. The third kappa shape index (κ3) is 2.09. The van der Waals surface area contributed by atoms with Gasteiger partial charge in [-0.2, -0.15) is 5.10 Å². The first kappa shape index (κ1) is 11.8. The second-order valence-corrected chi connectivity index (χ2v) is 5.24. The van der Waals surface area contributed by atoms with Gasteiger partial charge in [0.1, 0.15) is 5.82 Å². The number of hydrogen-bond acceptors (Lipinski definition) is 2. The summed E-state index contributed by atoms with van der Waals surface area (Å²) in [5.41, 5.74) is 5.90. The molecule has 0 bridgehead atoms. The van der Waals surface area contributed by atoms with Crippen molar-refractivity contribution in [3.8, 4) is 0 Å². The summed E-state index contributed by atoms with van der Waals surface area (Å²) in [5.74, 6) is -0.195. The van der Waals surface area contributed by atoms with Crippen molar-refractivity contribution in [2.24, 2.45) is 5.10 Å². The summed E-state index contributed by atoms with van der Waals surface area (Å²) in [6.45, 7) is 8.08. The summed E-state index contributed by atoms with van der Waals surface area (Å²) >= 11 is 0. The van der Waals surface area contributed by atoms with Gasteiger partial charge in [0.05, 0.1) is 11.9 Å². The number of halogens is 1. The molecule has 1 aromatic rings. The van der Waals surface area contributed by atoms with Crippen LogP contribution in [-0.4, -0.2) is 6.21 Å². The highest BCUT2D eigenvalue weighted by atomic mass is 19.1. The Morgan fingerprint density at radius 3 is 2.59 bits per heavy atom. The van der Waals surface area contributed by atoms with Gasteiger partial charge in [0.15, 0.2) is 0 Å². The Labute approximate surface area is 101 Å². The highest BCUT2D eigenvalue weighted by molar-refractivity contribution is 5.91. The maximum atomic E-state index is 14.2. The Bertz CT molecular complexity index is 508. The number of hydrazone groups is 1. The quantitative estimate of drug-likeness (QED) is 0.728. The molecule has 3 heteroatoms. The molecule has 0 saturated carbocycles. The van der Waals surface area contributed by atoms with Crippen LogP contribution in [0.25, 0.3) is 5.70 Å². The molecule has 0 amide bonds. The number of nitrogens with zero attached hydrogens (tertiary/aromatic N) is 1. The van der Waals surface area contributed by atoms with Gasteiger partial charge in [-0.1, -0.05) is 26.8 Å². The predicted molar refractivity (Wildman–Crippen MR) is 69.5 cm³/mol. The SMILES string of the molecule is C/C=C1\NN=Cc2cc(C(C)(C)C)cc(F)c21. The highest BCUT2D eigenvalue weighted by Crippen LogP contribution is 2.29. The van der Waals surface area contributed by atoms with Gasteiger partial charge in [-0.25, -0.2) is 4.39 Å². The fourth-order valence-electron chi connectivity index (χ4n) is 1.88. The summed E-state index contributed by atoms with van der Waals surface area (Å²) in [6.07, 6.45) is 3.50. The lowest BCUT2D eigenvalue weighted by molar-refractivity contribution is 0.570. The minimum Gasteiger partial charge on any atom is -0.278 e. The van der Waals surface area contributed by atoms with E-state index in [0.29, 0.717) is 5.56 Å². The zero-order valence-electron chi connectivity index (χ0n) is 10.6. The van der Waals surface area contributed by atoms with Gasteiger partial charge < -0.3 is 0 Å². The molecule has 0 saturated heterocycles. The van der Waals surface area contributed by atoms with E-state index in [1.165, 1.54) is 0 Å². The summed E-state index contributed by atoms with van der Waals surface area (Å²) < 4.78 is 14.2. The van der Waals surface area contributed by atoms with Crippen LogP contribution in [0.1, 0.15) is 44.4 Å². The Morgan fingerprint density at radius 2 is 2.00 bits per heavy atom. The second-order valence-electron chi connectivity index (χ2n) is 5.24. The molecule has 1 aliphatic rings. The lowest BCUT2D eigenvalue weighted by atomic mass is 9.84. The van der Waals surface area contributed by atoms with Gasteiger partial charge in [-0.05, 0) is 30.0 Å². The van der Waals surface area contributed by atoms with Crippen LogP contribution < -0.4 is 5.43 Å². The predicted octanol–water partition coefficient (Wildman–Crippen LogP) is 3.42.